The molecule has 4 aromatic rings. The highest BCUT2D eigenvalue weighted by Crippen LogP contribution is 2.35. The highest BCUT2D eigenvalue weighted by atomic mass is 32.1. The molecule has 1 fully saturated rings. The summed E-state index contributed by atoms with van der Waals surface area (Å²) in [5.74, 6) is 0.502. The Kier molecular flexibility index (Phi) is 5.81. The second-order valence-electron chi connectivity index (χ2n) is 8.11. The summed E-state index contributed by atoms with van der Waals surface area (Å²) in [7, 11) is 0. The van der Waals surface area contributed by atoms with Crippen LogP contribution in [-0.2, 0) is 4.74 Å². The lowest BCUT2D eigenvalue weighted by Crippen LogP contribution is -2.37. The molecule has 1 saturated heterocycles. The zero-order valence-electron chi connectivity index (χ0n) is 18.3. The Morgan fingerprint density at radius 3 is 2.91 bits per heavy atom. The van der Waals surface area contributed by atoms with Crippen molar-refractivity contribution in [1.82, 2.24) is 4.98 Å². The van der Waals surface area contributed by atoms with Gasteiger partial charge in [-0.15, -0.1) is 0 Å². The Labute approximate surface area is 191 Å². The molecular weight excluding hydrogens is 420 g/mol. The fourth-order valence-electron chi connectivity index (χ4n) is 4.26. The van der Waals surface area contributed by atoms with Crippen LogP contribution in [0, 0.1) is 6.92 Å². The van der Waals surface area contributed by atoms with Gasteiger partial charge in [0.1, 0.15) is 5.75 Å². The number of carbonyl (C=O) groups excluding carboxylic acids is 1. The van der Waals surface area contributed by atoms with Crippen LogP contribution in [0.3, 0.4) is 0 Å². The molecule has 2 heterocycles. The molecule has 6 heteroatoms. The number of thiazole rings is 1. The molecule has 32 heavy (non-hydrogen) atoms. The van der Waals surface area contributed by atoms with Crippen molar-refractivity contribution in [2.75, 3.05) is 24.7 Å². The molecule has 0 aliphatic carbocycles. The van der Waals surface area contributed by atoms with E-state index in [1.807, 2.05) is 49.4 Å². The van der Waals surface area contributed by atoms with Crippen LogP contribution in [0.5, 0.6) is 5.75 Å². The first-order chi connectivity index (χ1) is 15.6. The van der Waals surface area contributed by atoms with E-state index in [0.29, 0.717) is 29.6 Å². The van der Waals surface area contributed by atoms with E-state index in [0.717, 1.165) is 40.4 Å². The summed E-state index contributed by atoms with van der Waals surface area (Å²) in [5.41, 5.74) is 2.67. The number of aryl methyl sites for hydroxylation is 1. The average Bonchev–Trinajstić information content (AvgIpc) is 3.46. The van der Waals surface area contributed by atoms with Crippen molar-refractivity contribution in [2.24, 2.45) is 0 Å². The Morgan fingerprint density at radius 2 is 2.09 bits per heavy atom. The first-order valence-electron chi connectivity index (χ1n) is 11.1. The van der Waals surface area contributed by atoms with Gasteiger partial charge in [-0.3, -0.25) is 9.69 Å². The zero-order chi connectivity index (χ0) is 22.1. The molecule has 1 aliphatic rings. The maximum absolute atomic E-state index is 14.1. The van der Waals surface area contributed by atoms with Gasteiger partial charge in [0.2, 0.25) is 0 Å². The summed E-state index contributed by atoms with van der Waals surface area (Å²) < 4.78 is 12.9. The Hall–Kier alpha value is -2.96. The second kappa shape index (κ2) is 8.88. The number of anilines is 1. The molecular formula is C26H26N2O3S. The highest BCUT2D eigenvalue weighted by Gasteiger charge is 2.30. The zero-order valence-corrected chi connectivity index (χ0v) is 19.2. The van der Waals surface area contributed by atoms with Gasteiger partial charge in [-0.1, -0.05) is 47.7 Å². The third-order valence-corrected chi connectivity index (χ3v) is 6.86. The number of benzene rings is 3. The molecule has 3 aromatic carbocycles. The number of rotatable bonds is 6. The third-order valence-electron chi connectivity index (χ3n) is 5.82. The van der Waals surface area contributed by atoms with Crippen molar-refractivity contribution in [1.29, 1.82) is 0 Å². The average molecular weight is 447 g/mol. The molecule has 0 saturated carbocycles. The maximum atomic E-state index is 14.1. The van der Waals surface area contributed by atoms with Gasteiger partial charge in [0, 0.05) is 6.61 Å². The summed E-state index contributed by atoms with van der Waals surface area (Å²) in [6.45, 7) is 5.71. The van der Waals surface area contributed by atoms with E-state index in [1.54, 1.807) is 16.2 Å². The van der Waals surface area contributed by atoms with Crippen LogP contribution in [0.4, 0.5) is 5.13 Å². The fourth-order valence-corrected chi connectivity index (χ4v) is 5.33. The fraction of sp³-hybridized carbons (Fsp3) is 0.308. The van der Waals surface area contributed by atoms with Crippen molar-refractivity contribution >= 4 is 43.4 Å². The van der Waals surface area contributed by atoms with Gasteiger partial charge < -0.3 is 9.47 Å². The lowest BCUT2D eigenvalue weighted by Gasteiger charge is -2.24. The highest BCUT2D eigenvalue weighted by molar-refractivity contribution is 7.22. The lowest BCUT2D eigenvalue weighted by molar-refractivity contribution is 0.0916. The number of hydrogen-bond acceptors (Lipinski definition) is 5. The molecule has 0 N–H and O–H groups in total. The molecule has 0 spiro atoms. The molecule has 1 aliphatic heterocycles. The van der Waals surface area contributed by atoms with Gasteiger partial charge in [-0.05, 0) is 61.2 Å². The number of nitrogens with zero attached hydrogens (tertiary/aromatic N) is 2. The van der Waals surface area contributed by atoms with E-state index in [-0.39, 0.29) is 12.0 Å². The number of carbonyl (C=O) groups is 1. The monoisotopic (exact) mass is 446 g/mol. The Morgan fingerprint density at radius 1 is 1.22 bits per heavy atom. The number of hydrogen-bond donors (Lipinski definition) is 0. The van der Waals surface area contributed by atoms with Gasteiger partial charge in [-0.2, -0.15) is 0 Å². The minimum Gasteiger partial charge on any atom is -0.493 e. The molecule has 1 aromatic heterocycles. The minimum atomic E-state index is -0.100. The minimum absolute atomic E-state index is 0.0122. The molecule has 0 radical (unpaired) electrons. The summed E-state index contributed by atoms with van der Waals surface area (Å²) in [4.78, 5) is 20.8. The van der Waals surface area contributed by atoms with E-state index in [9.17, 15) is 4.79 Å². The van der Waals surface area contributed by atoms with Gasteiger partial charge in [0.05, 0.1) is 35.0 Å². The van der Waals surface area contributed by atoms with Crippen molar-refractivity contribution < 1.29 is 14.3 Å². The number of ether oxygens (including phenoxy) is 2. The topological polar surface area (TPSA) is 51.7 Å². The second-order valence-corrected chi connectivity index (χ2v) is 9.12. The van der Waals surface area contributed by atoms with Crippen LogP contribution >= 0.6 is 11.3 Å². The SMILES string of the molecule is CCOc1ccc2ccccc2c1C(=O)N(CC1CCCO1)c1nc2ccc(C)cc2s1. The lowest BCUT2D eigenvalue weighted by atomic mass is 10.0. The van der Waals surface area contributed by atoms with Gasteiger partial charge in [-0.25, -0.2) is 4.98 Å². The van der Waals surface area contributed by atoms with Crippen molar-refractivity contribution in [3.05, 3.63) is 65.7 Å². The van der Waals surface area contributed by atoms with Gasteiger partial charge >= 0.3 is 0 Å². The van der Waals surface area contributed by atoms with Crippen LogP contribution < -0.4 is 9.64 Å². The smallest absolute Gasteiger partial charge is 0.264 e. The van der Waals surface area contributed by atoms with Crippen molar-refractivity contribution in [3.63, 3.8) is 0 Å². The number of aromatic nitrogens is 1. The van der Waals surface area contributed by atoms with Crippen molar-refractivity contribution in [3.8, 4) is 5.75 Å². The Balaban J connectivity index is 1.64. The summed E-state index contributed by atoms with van der Waals surface area (Å²) in [6.07, 6.45) is 1.98. The van der Waals surface area contributed by atoms with E-state index < -0.39 is 0 Å². The van der Waals surface area contributed by atoms with Crippen LogP contribution in [-0.4, -0.2) is 36.8 Å². The van der Waals surface area contributed by atoms with E-state index in [4.69, 9.17) is 14.5 Å². The summed E-state index contributed by atoms with van der Waals surface area (Å²) in [6, 6.07) is 18.0. The van der Waals surface area contributed by atoms with Crippen LogP contribution in [0.25, 0.3) is 21.0 Å². The van der Waals surface area contributed by atoms with Crippen LogP contribution in [0.2, 0.25) is 0 Å². The van der Waals surface area contributed by atoms with E-state index in [2.05, 4.69) is 19.1 Å². The van der Waals surface area contributed by atoms with Gasteiger partial charge in [0.15, 0.2) is 5.13 Å². The first-order valence-corrected chi connectivity index (χ1v) is 11.9. The van der Waals surface area contributed by atoms with Crippen LogP contribution in [0.1, 0.15) is 35.7 Å². The third kappa shape index (κ3) is 3.96. The largest absolute Gasteiger partial charge is 0.493 e. The molecule has 5 nitrogen and oxygen atoms in total. The van der Waals surface area contributed by atoms with Gasteiger partial charge in [0.25, 0.3) is 5.91 Å². The maximum Gasteiger partial charge on any atom is 0.264 e. The molecule has 0 bridgehead atoms. The predicted octanol–water partition coefficient (Wildman–Crippen LogP) is 5.98. The Bertz CT molecular complexity index is 1280. The normalized spacial score (nSPS) is 16.0. The number of fused-ring (bicyclic) bond motifs is 2. The molecule has 164 valence electrons. The number of amides is 1. The molecule has 1 amide bonds. The first kappa shape index (κ1) is 20.9. The quantitative estimate of drug-likeness (QED) is 0.365. The summed E-state index contributed by atoms with van der Waals surface area (Å²) in [5, 5.41) is 2.59. The van der Waals surface area contributed by atoms with Crippen LogP contribution in [0.15, 0.2) is 54.6 Å². The van der Waals surface area contributed by atoms with Crippen molar-refractivity contribution in [2.45, 2.75) is 32.8 Å². The predicted molar refractivity (Wildman–Crippen MR) is 130 cm³/mol. The van der Waals surface area contributed by atoms with E-state index in [1.165, 1.54) is 5.56 Å². The standard InChI is InChI=1S/C26H26N2O3S/c1-3-30-22-13-11-18-7-4-5-9-20(18)24(22)25(29)28(16-19-8-6-14-31-19)26-27-21-12-10-17(2)15-23(21)32-26/h4-5,7,9-13,15,19H,3,6,8,14,16H2,1-2H3. The summed E-state index contributed by atoms with van der Waals surface area (Å²) >= 11 is 1.55. The molecule has 5 rings (SSSR count). The van der Waals surface area contributed by atoms with E-state index >= 15 is 0 Å². The molecule has 1 atom stereocenters. The molecule has 1 unspecified atom stereocenters.